The molecule has 1 heterocycles. The first-order chi connectivity index (χ1) is 13.5. The highest BCUT2D eigenvalue weighted by molar-refractivity contribution is 7.16. The van der Waals surface area contributed by atoms with Crippen LogP contribution in [0.25, 0.3) is 21.0 Å². The Kier molecular flexibility index (Phi) is 4.88. The van der Waals surface area contributed by atoms with Crippen LogP contribution in [-0.4, -0.2) is 16.6 Å². The molecule has 0 aliphatic heterocycles. The number of nitrogens with zero attached hydrogens (tertiary/aromatic N) is 1. The van der Waals surface area contributed by atoms with Gasteiger partial charge in [-0.05, 0) is 55.0 Å². The average Bonchev–Trinajstić information content (AvgIpc) is 3.01. The molecule has 0 spiro atoms. The number of hydrogen-bond acceptors (Lipinski definition) is 4. The zero-order chi connectivity index (χ0) is 19.7. The van der Waals surface area contributed by atoms with Crippen LogP contribution in [0.4, 0.5) is 5.69 Å². The number of carbonyl (C=O) groups excluding carboxylic acids is 1. The van der Waals surface area contributed by atoms with Crippen LogP contribution in [0.3, 0.4) is 0 Å². The second kappa shape index (κ2) is 7.48. The van der Waals surface area contributed by atoms with E-state index in [1.165, 1.54) is 11.3 Å². The van der Waals surface area contributed by atoms with Gasteiger partial charge in [-0.2, -0.15) is 0 Å². The molecule has 1 aromatic heterocycles. The topological polar surface area (TPSA) is 60.3 Å². The molecule has 0 bridgehead atoms. The van der Waals surface area contributed by atoms with Crippen molar-refractivity contribution in [3.8, 4) is 5.75 Å². The van der Waals surface area contributed by atoms with Crippen molar-refractivity contribution in [3.63, 3.8) is 0 Å². The molecule has 0 fully saturated rings. The molecule has 1 amide bonds. The summed E-state index contributed by atoms with van der Waals surface area (Å²) in [6.07, 6.45) is -0.657. The van der Waals surface area contributed by atoms with Gasteiger partial charge in [0.25, 0.3) is 5.91 Å². The van der Waals surface area contributed by atoms with Crippen molar-refractivity contribution < 1.29 is 9.53 Å². The molecule has 142 valence electrons. The summed E-state index contributed by atoms with van der Waals surface area (Å²) in [5.74, 6) is 0.407. The van der Waals surface area contributed by atoms with E-state index in [0.29, 0.717) is 18.0 Å². The predicted octanol–water partition coefficient (Wildman–Crippen LogP) is 4.64. The van der Waals surface area contributed by atoms with Gasteiger partial charge in [-0.15, -0.1) is 0 Å². The smallest absolute Gasteiger partial charge is 0.308 e. The normalized spacial score (nSPS) is 12.2. The summed E-state index contributed by atoms with van der Waals surface area (Å²) in [4.78, 5) is 24.5. The summed E-state index contributed by atoms with van der Waals surface area (Å²) < 4.78 is 8.39. The zero-order valence-corrected chi connectivity index (χ0v) is 16.5. The molecule has 0 unspecified atom stereocenters. The lowest BCUT2D eigenvalue weighted by Crippen LogP contribution is -2.30. The van der Waals surface area contributed by atoms with Gasteiger partial charge in [0.2, 0.25) is 0 Å². The van der Waals surface area contributed by atoms with E-state index in [1.54, 1.807) is 17.6 Å². The summed E-state index contributed by atoms with van der Waals surface area (Å²) in [5.41, 5.74) is 1.53. The van der Waals surface area contributed by atoms with Gasteiger partial charge in [0.15, 0.2) is 6.10 Å². The standard InChI is InChI=1S/C22H20N2O3S/c1-3-24-19-11-9-17(13-20(19)28-22(24)26)23-21(25)14(2)27-18-10-8-15-6-4-5-7-16(15)12-18/h4-14H,3H2,1-2H3,(H,23,25)/t14-/m0/s1. The minimum atomic E-state index is -0.657. The summed E-state index contributed by atoms with van der Waals surface area (Å²) in [7, 11) is 0. The van der Waals surface area contributed by atoms with Crippen LogP contribution in [0.1, 0.15) is 13.8 Å². The third kappa shape index (κ3) is 3.51. The molecule has 0 aliphatic rings. The van der Waals surface area contributed by atoms with Gasteiger partial charge in [0.1, 0.15) is 5.75 Å². The van der Waals surface area contributed by atoms with E-state index < -0.39 is 6.10 Å². The molecule has 3 aromatic carbocycles. The molecule has 6 heteroatoms. The van der Waals surface area contributed by atoms with Crippen molar-refractivity contribution in [1.82, 2.24) is 4.57 Å². The molecule has 0 aliphatic carbocycles. The van der Waals surface area contributed by atoms with Gasteiger partial charge >= 0.3 is 4.87 Å². The molecule has 4 rings (SSSR count). The SMILES string of the molecule is CCn1c(=O)sc2cc(NC(=O)[C@H](C)Oc3ccc4ccccc4c3)ccc21. The largest absolute Gasteiger partial charge is 0.481 e. The van der Waals surface area contributed by atoms with Crippen molar-refractivity contribution in [3.05, 3.63) is 70.3 Å². The lowest BCUT2D eigenvalue weighted by atomic mass is 10.1. The minimum absolute atomic E-state index is 0.00832. The summed E-state index contributed by atoms with van der Waals surface area (Å²) in [5, 5.41) is 5.06. The molecular weight excluding hydrogens is 372 g/mol. The lowest BCUT2D eigenvalue weighted by molar-refractivity contribution is -0.122. The monoisotopic (exact) mass is 392 g/mol. The second-order valence-electron chi connectivity index (χ2n) is 6.55. The average molecular weight is 392 g/mol. The Morgan fingerprint density at radius 2 is 1.89 bits per heavy atom. The van der Waals surface area contributed by atoms with Gasteiger partial charge in [-0.25, -0.2) is 0 Å². The van der Waals surface area contributed by atoms with Crippen molar-refractivity contribution in [2.24, 2.45) is 0 Å². The first-order valence-corrected chi connectivity index (χ1v) is 9.96. The number of aromatic nitrogens is 1. The Morgan fingerprint density at radius 1 is 1.11 bits per heavy atom. The second-order valence-corrected chi connectivity index (χ2v) is 7.55. The highest BCUT2D eigenvalue weighted by Gasteiger charge is 2.16. The van der Waals surface area contributed by atoms with Crippen LogP contribution in [-0.2, 0) is 11.3 Å². The van der Waals surface area contributed by atoms with Gasteiger partial charge in [0, 0.05) is 12.2 Å². The van der Waals surface area contributed by atoms with Crippen molar-refractivity contribution in [1.29, 1.82) is 0 Å². The van der Waals surface area contributed by atoms with Crippen LogP contribution in [0.5, 0.6) is 5.75 Å². The highest BCUT2D eigenvalue weighted by atomic mass is 32.1. The first kappa shape index (κ1) is 18.3. The van der Waals surface area contributed by atoms with E-state index in [2.05, 4.69) is 5.32 Å². The number of anilines is 1. The first-order valence-electron chi connectivity index (χ1n) is 9.15. The molecule has 1 atom stereocenters. The molecule has 1 N–H and O–H groups in total. The molecule has 0 saturated carbocycles. The fourth-order valence-electron chi connectivity index (χ4n) is 3.19. The lowest BCUT2D eigenvalue weighted by Gasteiger charge is -2.15. The van der Waals surface area contributed by atoms with Crippen LogP contribution in [0, 0.1) is 0 Å². The van der Waals surface area contributed by atoms with Crippen molar-refractivity contribution in [2.45, 2.75) is 26.5 Å². The summed E-state index contributed by atoms with van der Waals surface area (Å²) in [6.45, 7) is 4.28. The van der Waals surface area contributed by atoms with E-state index in [0.717, 1.165) is 21.0 Å². The molecule has 28 heavy (non-hydrogen) atoms. The number of carbonyl (C=O) groups is 1. The van der Waals surface area contributed by atoms with Gasteiger partial charge in [0.05, 0.1) is 10.2 Å². The Hall–Kier alpha value is -3.12. The molecule has 0 radical (unpaired) electrons. The highest BCUT2D eigenvalue weighted by Crippen LogP contribution is 2.23. The van der Waals surface area contributed by atoms with E-state index in [1.807, 2.05) is 61.5 Å². The van der Waals surface area contributed by atoms with Gasteiger partial charge < -0.3 is 10.1 Å². The molecule has 4 aromatic rings. The summed E-state index contributed by atoms with van der Waals surface area (Å²) in [6, 6.07) is 19.3. The number of nitrogens with one attached hydrogen (secondary N) is 1. The number of rotatable bonds is 5. The number of fused-ring (bicyclic) bond motifs is 2. The zero-order valence-electron chi connectivity index (χ0n) is 15.6. The number of thiazole rings is 1. The Bertz CT molecular complexity index is 1230. The van der Waals surface area contributed by atoms with E-state index in [4.69, 9.17) is 4.74 Å². The number of benzene rings is 3. The van der Waals surface area contributed by atoms with Crippen LogP contribution in [0.2, 0.25) is 0 Å². The number of amides is 1. The van der Waals surface area contributed by atoms with Gasteiger partial charge in [-0.3, -0.25) is 14.2 Å². The van der Waals surface area contributed by atoms with Crippen LogP contribution >= 0.6 is 11.3 Å². The maximum Gasteiger partial charge on any atom is 0.308 e. The van der Waals surface area contributed by atoms with Crippen LogP contribution in [0.15, 0.2) is 65.5 Å². The Balaban J connectivity index is 1.49. The molecule has 0 saturated heterocycles. The molecule has 5 nitrogen and oxygen atoms in total. The van der Waals surface area contributed by atoms with E-state index in [-0.39, 0.29) is 10.8 Å². The molecular formula is C22H20N2O3S. The third-order valence-corrected chi connectivity index (χ3v) is 5.60. The van der Waals surface area contributed by atoms with Crippen LogP contribution < -0.4 is 14.9 Å². The van der Waals surface area contributed by atoms with E-state index >= 15 is 0 Å². The maximum absolute atomic E-state index is 12.5. The number of ether oxygens (including phenoxy) is 1. The third-order valence-electron chi connectivity index (χ3n) is 4.66. The predicted molar refractivity (Wildman–Crippen MR) is 114 cm³/mol. The van der Waals surface area contributed by atoms with Gasteiger partial charge in [-0.1, -0.05) is 41.7 Å². The Labute approximate surface area is 166 Å². The fraction of sp³-hybridized carbons (Fsp3) is 0.182. The van der Waals surface area contributed by atoms with Crippen molar-refractivity contribution in [2.75, 3.05) is 5.32 Å². The fourth-order valence-corrected chi connectivity index (χ4v) is 4.18. The maximum atomic E-state index is 12.5. The Morgan fingerprint density at radius 3 is 2.68 bits per heavy atom. The summed E-state index contributed by atoms with van der Waals surface area (Å²) >= 11 is 1.18. The quantitative estimate of drug-likeness (QED) is 0.538. The number of aryl methyl sites for hydroxylation is 1. The number of hydrogen-bond donors (Lipinski definition) is 1. The van der Waals surface area contributed by atoms with Crippen molar-refractivity contribution >= 4 is 43.9 Å². The van der Waals surface area contributed by atoms with E-state index in [9.17, 15) is 9.59 Å². The minimum Gasteiger partial charge on any atom is -0.481 e.